The second kappa shape index (κ2) is 4.95. The van der Waals surface area contributed by atoms with Crippen molar-refractivity contribution >= 4 is 10.0 Å². The molecule has 0 saturated heterocycles. The first-order valence-electron chi connectivity index (χ1n) is 5.15. The molecule has 1 rings (SSSR count). The van der Waals surface area contributed by atoms with Gasteiger partial charge in [-0.15, -0.1) is 0 Å². The average Bonchev–Trinajstić information content (AvgIpc) is 2.28. The minimum atomic E-state index is -3.79. The van der Waals surface area contributed by atoms with Crippen molar-refractivity contribution < 1.29 is 13.6 Å². The Kier molecular flexibility index (Phi) is 4.07. The predicted octanol–water partition coefficient (Wildman–Crippen LogP) is 2.11. The molecule has 0 radical (unpaired) electrons. The van der Waals surface area contributed by atoms with Gasteiger partial charge in [0.15, 0.2) is 0 Å². The van der Waals surface area contributed by atoms with E-state index in [0.717, 1.165) is 0 Å². The molecular weight excluding hydrogens is 226 g/mol. The molecule has 0 aliphatic carbocycles. The molecule has 16 heavy (non-hydrogen) atoms. The van der Waals surface area contributed by atoms with Gasteiger partial charge in [-0.2, -0.15) is 0 Å². The van der Waals surface area contributed by atoms with E-state index in [9.17, 15) is 13.6 Å². The van der Waals surface area contributed by atoms with Crippen molar-refractivity contribution in [3.63, 3.8) is 0 Å². The molecule has 0 saturated carbocycles. The molecule has 0 unspecified atom stereocenters. The number of hydrogen-bond acceptors (Lipinski definition) is 3. The summed E-state index contributed by atoms with van der Waals surface area (Å²) in [5.74, 6) is 0.0449. The number of benzene rings is 1. The average molecular weight is 243 g/mol. The topological polar surface area (TPSA) is 57.6 Å². The first-order chi connectivity index (χ1) is 7.37. The minimum Gasteiger partial charge on any atom is -0.299 e. The highest BCUT2D eigenvalue weighted by Gasteiger charge is 2.28. The van der Waals surface area contributed by atoms with Crippen LogP contribution < -0.4 is 0 Å². The lowest BCUT2D eigenvalue weighted by Gasteiger charge is -2.24. The summed E-state index contributed by atoms with van der Waals surface area (Å²) in [5.41, 5.74) is 0. The van der Waals surface area contributed by atoms with E-state index in [0.29, 0.717) is 4.47 Å². The molecule has 0 heterocycles. The quantitative estimate of drug-likeness (QED) is 0.824. The summed E-state index contributed by atoms with van der Waals surface area (Å²) in [7, 11) is -3.79. The third kappa shape index (κ3) is 2.61. The van der Waals surface area contributed by atoms with Gasteiger partial charge in [-0.05, 0) is 25.0 Å². The normalized spacial score (nSPS) is 14.4. The molecule has 0 aliphatic rings. The van der Waals surface area contributed by atoms with Gasteiger partial charge in [0.25, 0.3) is 10.0 Å². The highest BCUT2D eigenvalue weighted by Crippen LogP contribution is 2.19. The molecule has 1 aromatic rings. The van der Waals surface area contributed by atoms with E-state index in [1.165, 1.54) is 12.1 Å². The van der Waals surface area contributed by atoms with Crippen molar-refractivity contribution in [2.45, 2.75) is 31.7 Å². The molecule has 1 aromatic carbocycles. The monoisotopic (exact) mass is 243 g/mol. The van der Waals surface area contributed by atoms with Crippen molar-refractivity contribution in [1.29, 1.82) is 0 Å². The first kappa shape index (κ1) is 13.2. The lowest BCUT2D eigenvalue weighted by atomic mass is 10.1. The van der Waals surface area contributed by atoms with Crippen LogP contribution in [0.25, 0.3) is 0 Å². The Morgan fingerprint density at radius 1 is 1.12 bits per heavy atom. The molecule has 4 nitrogen and oxygen atoms in total. The Morgan fingerprint density at radius 2 is 1.62 bits per heavy atom. The van der Waals surface area contributed by atoms with E-state index in [2.05, 4.69) is 0 Å². The molecule has 90 valence electrons. The summed E-state index contributed by atoms with van der Waals surface area (Å²) in [6.45, 7) is 5.38. The van der Waals surface area contributed by atoms with E-state index in [4.69, 9.17) is 0 Å². The van der Waals surface area contributed by atoms with Crippen molar-refractivity contribution in [1.82, 2.24) is 4.47 Å². The van der Waals surface area contributed by atoms with E-state index >= 15 is 0 Å². The van der Waals surface area contributed by atoms with Crippen LogP contribution in [-0.2, 0) is 10.0 Å². The molecule has 1 N–H and O–H groups in total. The number of sulfonamides is 1. The smallest absolute Gasteiger partial charge is 0.265 e. The maximum absolute atomic E-state index is 12.0. The van der Waals surface area contributed by atoms with Crippen LogP contribution in [0.15, 0.2) is 35.2 Å². The van der Waals surface area contributed by atoms with Crippen molar-refractivity contribution in [2.75, 3.05) is 0 Å². The fourth-order valence-corrected chi connectivity index (χ4v) is 2.57. The molecular formula is C11H17NO3S. The number of nitrogens with zero attached hydrogens (tertiary/aromatic N) is 1. The third-order valence-corrected chi connectivity index (χ3v) is 4.29. The van der Waals surface area contributed by atoms with Gasteiger partial charge in [-0.25, -0.2) is 8.42 Å². The van der Waals surface area contributed by atoms with E-state index in [1.807, 2.05) is 13.8 Å². The SMILES string of the molecule is CC(C)[C@@H](C)N(O)S(=O)(=O)c1ccccc1. The minimum absolute atomic E-state index is 0.0449. The zero-order valence-corrected chi connectivity index (χ0v) is 10.5. The van der Waals surface area contributed by atoms with Crippen molar-refractivity contribution in [3.05, 3.63) is 30.3 Å². The summed E-state index contributed by atoms with van der Waals surface area (Å²) in [6, 6.07) is 7.45. The molecule has 0 fully saturated rings. The van der Waals surface area contributed by atoms with Crippen LogP contribution in [0, 0.1) is 5.92 Å². The number of hydroxylamine groups is 1. The summed E-state index contributed by atoms with van der Waals surface area (Å²) in [6.07, 6.45) is 0. The van der Waals surface area contributed by atoms with Crippen molar-refractivity contribution in [2.24, 2.45) is 5.92 Å². The highest BCUT2D eigenvalue weighted by atomic mass is 32.2. The Balaban J connectivity index is 3.04. The summed E-state index contributed by atoms with van der Waals surface area (Å²) < 4.78 is 24.3. The van der Waals surface area contributed by atoms with Crippen LogP contribution in [0.4, 0.5) is 0 Å². The maximum Gasteiger partial charge on any atom is 0.265 e. The Labute approximate surface area is 96.5 Å². The van der Waals surface area contributed by atoms with Gasteiger partial charge in [0.2, 0.25) is 0 Å². The Hall–Kier alpha value is -0.910. The van der Waals surface area contributed by atoms with Gasteiger partial charge in [-0.3, -0.25) is 5.21 Å². The Morgan fingerprint density at radius 3 is 2.06 bits per heavy atom. The molecule has 0 spiro atoms. The fourth-order valence-electron chi connectivity index (χ4n) is 1.17. The molecule has 0 aromatic heterocycles. The van der Waals surface area contributed by atoms with Crippen LogP contribution in [0.5, 0.6) is 0 Å². The zero-order chi connectivity index (χ0) is 12.3. The van der Waals surface area contributed by atoms with Gasteiger partial charge in [0.1, 0.15) is 0 Å². The van der Waals surface area contributed by atoms with Crippen LogP contribution in [0.2, 0.25) is 0 Å². The second-order valence-electron chi connectivity index (χ2n) is 4.08. The highest BCUT2D eigenvalue weighted by molar-refractivity contribution is 7.89. The van der Waals surface area contributed by atoms with Gasteiger partial charge >= 0.3 is 0 Å². The fraction of sp³-hybridized carbons (Fsp3) is 0.455. The molecule has 1 atom stereocenters. The van der Waals surface area contributed by atoms with E-state index in [1.54, 1.807) is 25.1 Å². The second-order valence-corrected chi connectivity index (χ2v) is 5.87. The molecule has 0 amide bonds. The largest absolute Gasteiger partial charge is 0.299 e. The van der Waals surface area contributed by atoms with Crippen LogP contribution >= 0.6 is 0 Å². The standard InChI is InChI=1S/C11H17NO3S/c1-9(2)10(3)12(13)16(14,15)11-7-5-4-6-8-11/h4-10,13H,1-3H3/t10-/m1/s1. The van der Waals surface area contributed by atoms with Gasteiger partial charge < -0.3 is 0 Å². The molecule has 0 aliphatic heterocycles. The molecule has 0 bridgehead atoms. The Bertz CT molecular complexity index is 428. The summed E-state index contributed by atoms with van der Waals surface area (Å²) in [4.78, 5) is 0.102. The maximum atomic E-state index is 12.0. The number of hydrogen-bond donors (Lipinski definition) is 1. The van der Waals surface area contributed by atoms with Crippen LogP contribution in [0.3, 0.4) is 0 Å². The van der Waals surface area contributed by atoms with Gasteiger partial charge in [-0.1, -0.05) is 36.5 Å². The van der Waals surface area contributed by atoms with Crippen LogP contribution in [0.1, 0.15) is 20.8 Å². The van der Waals surface area contributed by atoms with E-state index < -0.39 is 16.1 Å². The van der Waals surface area contributed by atoms with Gasteiger partial charge in [0, 0.05) is 0 Å². The summed E-state index contributed by atoms with van der Waals surface area (Å²) in [5, 5.41) is 9.71. The zero-order valence-electron chi connectivity index (χ0n) is 9.66. The lowest BCUT2D eigenvalue weighted by molar-refractivity contribution is -0.0438. The number of rotatable bonds is 4. The lowest BCUT2D eigenvalue weighted by Crippen LogP contribution is -2.38. The summed E-state index contributed by atoms with van der Waals surface area (Å²) >= 11 is 0. The first-order valence-corrected chi connectivity index (χ1v) is 6.59. The predicted molar refractivity (Wildman–Crippen MR) is 61.6 cm³/mol. The molecule has 5 heteroatoms. The van der Waals surface area contributed by atoms with Gasteiger partial charge in [0.05, 0.1) is 10.9 Å². The van der Waals surface area contributed by atoms with Crippen LogP contribution in [-0.4, -0.2) is 24.1 Å². The van der Waals surface area contributed by atoms with E-state index in [-0.39, 0.29) is 10.8 Å². The van der Waals surface area contributed by atoms with Crippen molar-refractivity contribution in [3.8, 4) is 0 Å². The third-order valence-electron chi connectivity index (χ3n) is 2.60.